The molecule has 0 unspecified atom stereocenters. The summed E-state index contributed by atoms with van der Waals surface area (Å²) in [5.41, 5.74) is 2.34. The lowest BCUT2D eigenvalue weighted by Gasteiger charge is -2.20. The largest absolute Gasteiger partial charge is 0.370 e. The van der Waals surface area contributed by atoms with E-state index in [0.717, 1.165) is 44.1 Å². The molecule has 0 aliphatic rings. The lowest BCUT2D eigenvalue weighted by atomic mass is 10.2. The molecule has 0 aliphatic carbocycles. The minimum absolute atomic E-state index is 0.868. The predicted octanol–water partition coefficient (Wildman–Crippen LogP) is 3.32. The van der Waals surface area contributed by atoms with E-state index in [4.69, 9.17) is 0 Å². The first-order valence-electron chi connectivity index (χ1n) is 7.63. The summed E-state index contributed by atoms with van der Waals surface area (Å²) in [6, 6.07) is 10.3. The van der Waals surface area contributed by atoms with Crippen LogP contribution in [0.25, 0.3) is 0 Å². The topological polar surface area (TPSA) is 41.0 Å². The van der Waals surface area contributed by atoms with E-state index in [0.29, 0.717) is 0 Å². The molecule has 0 atom stereocenters. The lowest BCUT2D eigenvalue weighted by molar-refractivity contribution is 0.268. The van der Waals surface area contributed by atoms with Crippen LogP contribution in [0.3, 0.4) is 0 Å². The molecular weight excluding hydrogens is 260 g/mol. The van der Waals surface area contributed by atoms with Gasteiger partial charge in [-0.2, -0.15) is 0 Å². The third-order valence-corrected chi connectivity index (χ3v) is 3.35. The van der Waals surface area contributed by atoms with Crippen LogP contribution in [0.4, 0.5) is 5.82 Å². The van der Waals surface area contributed by atoms with E-state index in [1.807, 2.05) is 24.5 Å². The summed E-state index contributed by atoms with van der Waals surface area (Å²) < 4.78 is 0. The number of pyridine rings is 2. The monoisotopic (exact) mass is 284 g/mol. The summed E-state index contributed by atoms with van der Waals surface area (Å²) >= 11 is 0. The molecule has 0 aliphatic heterocycles. The first-order valence-corrected chi connectivity index (χ1v) is 7.63. The van der Waals surface area contributed by atoms with Gasteiger partial charge in [0.15, 0.2) is 0 Å². The third kappa shape index (κ3) is 5.16. The van der Waals surface area contributed by atoms with Crippen LogP contribution in [-0.4, -0.2) is 28.0 Å². The highest BCUT2D eigenvalue weighted by Gasteiger charge is 2.06. The molecule has 1 N–H and O–H groups in total. The van der Waals surface area contributed by atoms with Crippen LogP contribution in [-0.2, 0) is 13.1 Å². The van der Waals surface area contributed by atoms with Crippen molar-refractivity contribution >= 4 is 5.82 Å². The quantitative estimate of drug-likeness (QED) is 0.807. The molecule has 0 aromatic carbocycles. The van der Waals surface area contributed by atoms with Crippen molar-refractivity contribution in [2.75, 3.05) is 18.4 Å². The van der Waals surface area contributed by atoms with Gasteiger partial charge in [-0.1, -0.05) is 26.0 Å². The zero-order valence-electron chi connectivity index (χ0n) is 12.9. The number of hydrogen-bond donors (Lipinski definition) is 1. The van der Waals surface area contributed by atoms with E-state index in [9.17, 15) is 0 Å². The zero-order chi connectivity index (χ0) is 14.9. The van der Waals surface area contributed by atoms with Crippen LogP contribution < -0.4 is 5.32 Å². The van der Waals surface area contributed by atoms with Crippen LogP contribution >= 0.6 is 0 Å². The minimum Gasteiger partial charge on any atom is -0.370 e. The molecule has 0 fully saturated rings. The fraction of sp³-hybridized carbons (Fsp3) is 0.412. The summed E-state index contributed by atoms with van der Waals surface area (Å²) in [6.07, 6.45) is 4.91. The van der Waals surface area contributed by atoms with Gasteiger partial charge in [0.2, 0.25) is 0 Å². The molecule has 0 spiro atoms. The third-order valence-electron chi connectivity index (χ3n) is 3.35. The van der Waals surface area contributed by atoms with Crippen molar-refractivity contribution in [1.82, 2.24) is 14.9 Å². The molecule has 21 heavy (non-hydrogen) atoms. The Labute approximate surface area is 127 Å². The smallest absolute Gasteiger partial charge is 0.125 e. The van der Waals surface area contributed by atoms with Gasteiger partial charge < -0.3 is 5.32 Å². The fourth-order valence-electron chi connectivity index (χ4n) is 2.13. The number of rotatable bonds is 8. The van der Waals surface area contributed by atoms with Crippen molar-refractivity contribution in [2.24, 2.45) is 0 Å². The van der Waals surface area contributed by atoms with E-state index >= 15 is 0 Å². The molecule has 112 valence electrons. The molecule has 2 rings (SSSR count). The Morgan fingerprint density at radius 3 is 2.57 bits per heavy atom. The molecule has 4 heteroatoms. The Kier molecular flexibility index (Phi) is 6.16. The maximum absolute atomic E-state index is 4.46. The summed E-state index contributed by atoms with van der Waals surface area (Å²) in [6.45, 7) is 8.05. The molecule has 2 heterocycles. The second-order valence-corrected chi connectivity index (χ2v) is 5.10. The van der Waals surface area contributed by atoms with Crippen LogP contribution in [0.2, 0.25) is 0 Å². The highest BCUT2D eigenvalue weighted by Crippen LogP contribution is 2.10. The number of nitrogens with zero attached hydrogens (tertiary/aromatic N) is 3. The van der Waals surface area contributed by atoms with Gasteiger partial charge in [0.05, 0.1) is 5.69 Å². The van der Waals surface area contributed by atoms with Gasteiger partial charge in [-0.25, -0.2) is 4.98 Å². The van der Waals surface area contributed by atoms with Gasteiger partial charge in [-0.15, -0.1) is 0 Å². The van der Waals surface area contributed by atoms with Crippen molar-refractivity contribution < 1.29 is 0 Å². The van der Waals surface area contributed by atoms with Gasteiger partial charge in [-0.3, -0.25) is 9.88 Å². The minimum atomic E-state index is 0.868. The molecule has 2 aromatic rings. The average Bonchev–Trinajstić information content (AvgIpc) is 2.54. The van der Waals surface area contributed by atoms with Crippen LogP contribution in [0, 0.1) is 0 Å². The Balaban J connectivity index is 1.92. The van der Waals surface area contributed by atoms with Gasteiger partial charge in [0, 0.05) is 32.0 Å². The van der Waals surface area contributed by atoms with Crippen molar-refractivity contribution in [3.8, 4) is 0 Å². The summed E-state index contributed by atoms with van der Waals surface area (Å²) in [5.74, 6) is 0.952. The molecule has 0 radical (unpaired) electrons. The second kappa shape index (κ2) is 8.37. The summed E-state index contributed by atoms with van der Waals surface area (Å²) in [5, 5.41) is 3.29. The van der Waals surface area contributed by atoms with E-state index in [1.54, 1.807) is 0 Å². The van der Waals surface area contributed by atoms with Crippen LogP contribution in [0.5, 0.6) is 0 Å². The van der Waals surface area contributed by atoms with Gasteiger partial charge >= 0.3 is 0 Å². The first kappa shape index (κ1) is 15.4. The first-order chi connectivity index (χ1) is 10.3. The number of nitrogens with one attached hydrogen (secondary N) is 1. The van der Waals surface area contributed by atoms with Crippen molar-refractivity contribution in [3.63, 3.8) is 0 Å². The highest BCUT2D eigenvalue weighted by atomic mass is 15.1. The number of aromatic nitrogens is 2. The Morgan fingerprint density at radius 1 is 1.05 bits per heavy atom. The standard InChI is InChI=1S/C17H24N4/c1-3-10-19-17-9-8-15(12-20-17)13-21(4-2)14-16-7-5-6-11-18-16/h5-9,11-12H,3-4,10,13-14H2,1-2H3,(H,19,20). The van der Waals surface area contributed by atoms with Gasteiger partial charge in [-0.05, 0) is 36.7 Å². The van der Waals surface area contributed by atoms with Crippen LogP contribution in [0.15, 0.2) is 42.7 Å². The molecule has 0 saturated heterocycles. The molecule has 0 amide bonds. The normalized spacial score (nSPS) is 10.8. The van der Waals surface area contributed by atoms with E-state index < -0.39 is 0 Å². The Hall–Kier alpha value is -1.94. The average molecular weight is 284 g/mol. The zero-order valence-corrected chi connectivity index (χ0v) is 12.9. The van der Waals surface area contributed by atoms with E-state index in [2.05, 4.69) is 52.2 Å². The predicted molar refractivity (Wildman–Crippen MR) is 87.0 cm³/mol. The molecule has 0 bridgehead atoms. The van der Waals surface area contributed by atoms with Crippen molar-refractivity contribution in [3.05, 3.63) is 54.0 Å². The van der Waals surface area contributed by atoms with Crippen molar-refractivity contribution in [1.29, 1.82) is 0 Å². The van der Waals surface area contributed by atoms with E-state index in [1.165, 1.54) is 5.56 Å². The number of hydrogen-bond acceptors (Lipinski definition) is 4. The summed E-state index contributed by atoms with van der Waals surface area (Å²) in [7, 11) is 0. The molecule has 2 aromatic heterocycles. The maximum atomic E-state index is 4.46. The van der Waals surface area contributed by atoms with E-state index in [-0.39, 0.29) is 0 Å². The molecular formula is C17H24N4. The molecule has 4 nitrogen and oxygen atoms in total. The van der Waals surface area contributed by atoms with Crippen LogP contribution in [0.1, 0.15) is 31.5 Å². The maximum Gasteiger partial charge on any atom is 0.125 e. The second-order valence-electron chi connectivity index (χ2n) is 5.10. The molecule has 0 saturated carbocycles. The Morgan fingerprint density at radius 2 is 1.95 bits per heavy atom. The van der Waals surface area contributed by atoms with Gasteiger partial charge in [0.25, 0.3) is 0 Å². The van der Waals surface area contributed by atoms with Crippen molar-refractivity contribution in [2.45, 2.75) is 33.4 Å². The fourth-order valence-corrected chi connectivity index (χ4v) is 2.13. The highest BCUT2D eigenvalue weighted by molar-refractivity contribution is 5.35. The summed E-state index contributed by atoms with van der Waals surface area (Å²) in [4.78, 5) is 11.2. The lowest BCUT2D eigenvalue weighted by Crippen LogP contribution is -2.22. The SMILES string of the molecule is CCCNc1ccc(CN(CC)Cc2ccccn2)cn1. The van der Waals surface area contributed by atoms with Gasteiger partial charge in [0.1, 0.15) is 5.82 Å². The number of anilines is 1. The Bertz CT molecular complexity index is 510.